The molecular weight excluding hydrogens is 401 g/mol. The van der Waals surface area contributed by atoms with Gasteiger partial charge in [-0.1, -0.05) is 42.5 Å². The lowest BCUT2D eigenvalue weighted by molar-refractivity contribution is -0.132. The molecule has 0 N–H and O–H groups in total. The molecule has 1 saturated heterocycles. The van der Waals surface area contributed by atoms with E-state index in [1.165, 1.54) is 6.07 Å². The number of carbonyl (C=O) groups excluding carboxylic acids is 1. The van der Waals surface area contributed by atoms with Crippen LogP contribution in [0.2, 0.25) is 0 Å². The summed E-state index contributed by atoms with van der Waals surface area (Å²) in [5.74, 6) is 0.338. The summed E-state index contributed by atoms with van der Waals surface area (Å²) in [6, 6.07) is 16.4. The van der Waals surface area contributed by atoms with Crippen molar-refractivity contribution in [1.29, 1.82) is 0 Å². The maximum Gasteiger partial charge on any atom is 0.227 e. The van der Waals surface area contributed by atoms with Gasteiger partial charge in [-0.15, -0.1) is 0 Å². The molecule has 1 aliphatic heterocycles. The van der Waals surface area contributed by atoms with Gasteiger partial charge < -0.3 is 9.47 Å². The molecular formula is C22H24FN5OS. The predicted molar refractivity (Wildman–Crippen MR) is 116 cm³/mol. The minimum atomic E-state index is -0.321. The Morgan fingerprint density at radius 3 is 2.40 bits per heavy atom. The van der Waals surface area contributed by atoms with Gasteiger partial charge in [0.15, 0.2) is 10.6 Å². The Kier molecular flexibility index (Phi) is 6.06. The third-order valence-electron chi connectivity index (χ3n) is 5.41. The maximum absolute atomic E-state index is 14.2. The smallest absolute Gasteiger partial charge is 0.227 e. The van der Waals surface area contributed by atoms with Crippen LogP contribution in [0.15, 0.2) is 54.6 Å². The minimum Gasteiger partial charge on any atom is -0.340 e. The van der Waals surface area contributed by atoms with Crippen LogP contribution in [0.25, 0.3) is 11.4 Å². The molecule has 4 rings (SSSR count). The molecule has 8 heteroatoms. The lowest BCUT2D eigenvalue weighted by Gasteiger charge is -2.34. The van der Waals surface area contributed by atoms with Crippen LogP contribution >= 0.6 is 12.2 Å². The number of piperazine rings is 1. The van der Waals surface area contributed by atoms with Crippen molar-refractivity contribution >= 4 is 18.1 Å². The lowest BCUT2D eigenvalue weighted by atomic mass is 10.1. The van der Waals surface area contributed by atoms with Crippen molar-refractivity contribution in [2.75, 3.05) is 26.2 Å². The SMILES string of the molecule is Cn1c(-c2ccccc2F)nn(CN2CCN(C(=O)Cc3ccccc3)CC2)c1=S. The summed E-state index contributed by atoms with van der Waals surface area (Å²) in [4.78, 5) is 16.7. The van der Waals surface area contributed by atoms with Gasteiger partial charge >= 0.3 is 0 Å². The molecule has 1 amide bonds. The highest BCUT2D eigenvalue weighted by molar-refractivity contribution is 7.71. The molecule has 30 heavy (non-hydrogen) atoms. The van der Waals surface area contributed by atoms with Gasteiger partial charge in [0.2, 0.25) is 5.91 Å². The van der Waals surface area contributed by atoms with Crippen molar-refractivity contribution in [3.05, 3.63) is 70.7 Å². The molecule has 0 atom stereocenters. The van der Waals surface area contributed by atoms with Crippen molar-refractivity contribution in [3.63, 3.8) is 0 Å². The molecule has 1 fully saturated rings. The molecule has 0 unspecified atom stereocenters. The van der Waals surface area contributed by atoms with Crippen molar-refractivity contribution < 1.29 is 9.18 Å². The number of carbonyl (C=O) groups is 1. The second-order valence-electron chi connectivity index (χ2n) is 7.45. The molecule has 1 aliphatic rings. The standard InChI is InChI=1S/C22H24FN5OS/c1-25-21(18-9-5-6-10-19(18)23)24-28(22(25)30)16-26-11-13-27(14-12-26)20(29)15-17-7-3-2-4-8-17/h2-10H,11-16H2,1H3. The fourth-order valence-corrected chi connectivity index (χ4v) is 3.85. The zero-order valence-corrected chi connectivity index (χ0v) is 17.7. The first-order chi connectivity index (χ1) is 14.5. The summed E-state index contributed by atoms with van der Waals surface area (Å²) in [5, 5.41) is 4.56. The molecule has 0 radical (unpaired) electrons. The maximum atomic E-state index is 14.2. The average molecular weight is 426 g/mol. The fraction of sp³-hybridized carbons (Fsp3) is 0.318. The van der Waals surface area contributed by atoms with E-state index >= 15 is 0 Å². The molecule has 156 valence electrons. The number of aromatic nitrogens is 3. The van der Waals surface area contributed by atoms with Gasteiger partial charge in [-0.05, 0) is 29.9 Å². The first-order valence-electron chi connectivity index (χ1n) is 9.95. The normalized spacial score (nSPS) is 14.8. The van der Waals surface area contributed by atoms with Crippen LogP contribution in [0.5, 0.6) is 0 Å². The Morgan fingerprint density at radius 2 is 1.70 bits per heavy atom. The van der Waals surface area contributed by atoms with E-state index in [9.17, 15) is 9.18 Å². The van der Waals surface area contributed by atoms with Gasteiger partial charge in [0, 0.05) is 33.2 Å². The van der Waals surface area contributed by atoms with E-state index < -0.39 is 0 Å². The summed E-state index contributed by atoms with van der Waals surface area (Å²) < 4.78 is 18.2. The van der Waals surface area contributed by atoms with Crippen molar-refractivity contribution in [3.8, 4) is 11.4 Å². The molecule has 1 aromatic heterocycles. The van der Waals surface area contributed by atoms with E-state index in [1.807, 2.05) is 35.2 Å². The van der Waals surface area contributed by atoms with Crippen LogP contribution in [0, 0.1) is 10.6 Å². The van der Waals surface area contributed by atoms with Gasteiger partial charge in [-0.25, -0.2) is 9.07 Å². The van der Waals surface area contributed by atoms with Crippen LogP contribution in [0.1, 0.15) is 5.56 Å². The zero-order chi connectivity index (χ0) is 21.1. The number of amides is 1. The molecule has 0 bridgehead atoms. The van der Waals surface area contributed by atoms with E-state index in [-0.39, 0.29) is 11.7 Å². The summed E-state index contributed by atoms with van der Waals surface area (Å²) in [6.45, 7) is 3.35. The molecule has 6 nitrogen and oxygen atoms in total. The van der Waals surface area contributed by atoms with Crippen LogP contribution in [-0.2, 0) is 24.9 Å². The van der Waals surface area contributed by atoms with Crippen LogP contribution in [0.3, 0.4) is 0 Å². The molecule has 2 heterocycles. The van der Waals surface area contributed by atoms with Gasteiger partial charge in [-0.3, -0.25) is 9.69 Å². The topological polar surface area (TPSA) is 46.3 Å². The summed E-state index contributed by atoms with van der Waals surface area (Å²) in [6.07, 6.45) is 0.429. The number of rotatable bonds is 5. The highest BCUT2D eigenvalue weighted by Crippen LogP contribution is 2.21. The van der Waals surface area contributed by atoms with E-state index in [0.29, 0.717) is 42.3 Å². The van der Waals surface area contributed by atoms with Crippen LogP contribution in [-0.4, -0.2) is 56.2 Å². The monoisotopic (exact) mass is 425 g/mol. The molecule has 0 saturated carbocycles. The second-order valence-corrected chi connectivity index (χ2v) is 7.81. The number of benzene rings is 2. The quantitative estimate of drug-likeness (QED) is 0.590. The van der Waals surface area contributed by atoms with Gasteiger partial charge in [0.1, 0.15) is 5.82 Å². The molecule has 0 aliphatic carbocycles. The lowest BCUT2D eigenvalue weighted by Crippen LogP contribution is -2.49. The van der Waals surface area contributed by atoms with Gasteiger partial charge in [0.05, 0.1) is 18.7 Å². The highest BCUT2D eigenvalue weighted by atomic mass is 32.1. The summed E-state index contributed by atoms with van der Waals surface area (Å²) in [5.41, 5.74) is 1.46. The second kappa shape index (κ2) is 8.89. The third kappa shape index (κ3) is 4.34. The van der Waals surface area contributed by atoms with E-state index in [0.717, 1.165) is 18.7 Å². The molecule has 0 spiro atoms. The van der Waals surface area contributed by atoms with Crippen LogP contribution in [0.4, 0.5) is 4.39 Å². The number of hydrogen-bond acceptors (Lipinski definition) is 4. The van der Waals surface area contributed by atoms with Gasteiger partial charge in [-0.2, -0.15) is 5.10 Å². The molecule has 2 aromatic carbocycles. The molecule has 3 aromatic rings. The summed E-state index contributed by atoms with van der Waals surface area (Å²) in [7, 11) is 1.80. The number of nitrogens with zero attached hydrogens (tertiary/aromatic N) is 5. The van der Waals surface area contributed by atoms with E-state index in [2.05, 4.69) is 10.00 Å². The fourth-order valence-electron chi connectivity index (χ4n) is 3.67. The van der Waals surface area contributed by atoms with Crippen molar-refractivity contribution in [2.45, 2.75) is 13.1 Å². The number of halogens is 1. The van der Waals surface area contributed by atoms with Crippen LogP contribution < -0.4 is 0 Å². The van der Waals surface area contributed by atoms with Gasteiger partial charge in [0.25, 0.3) is 0 Å². The Morgan fingerprint density at radius 1 is 1.03 bits per heavy atom. The Balaban J connectivity index is 1.39. The largest absolute Gasteiger partial charge is 0.340 e. The third-order valence-corrected chi connectivity index (χ3v) is 5.90. The predicted octanol–water partition coefficient (Wildman–Crippen LogP) is 3.10. The highest BCUT2D eigenvalue weighted by Gasteiger charge is 2.22. The first kappa shape index (κ1) is 20.4. The van der Waals surface area contributed by atoms with Crippen molar-refractivity contribution in [2.24, 2.45) is 7.05 Å². The average Bonchev–Trinajstić information content (AvgIpc) is 3.03. The Labute approximate surface area is 180 Å². The number of hydrogen-bond donors (Lipinski definition) is 0. The minimum absolute atomic E-state index is 0.150. The first-order valence-corrected chi connectivity index (χ1v) is 10.4. The summed E-state index contributed by atoms with van der Waals surface area (Å²) >= 11 is 5.51. The van der Waals surface area contributed by atoms with Crippen molar-refractivity contribution in [1.82, 2.24) is 24.1 Å². The van der Waals surface area contributed by atoms with E-state index in [1.54, 1.807) is 34.5 Å². The zero-order valence-electron chi connectivity index (χ0n) is 16.9. The Bertz CT molecular complexity index is 1090. The Hall–Kier alpha value is -2.84. The van der Waals surface area contributed by atoms with E-state index in [4.69, 9.17) is 12.2 Å².